The fraction of sp³-hybridized carbons (Fsp3) is 0.400. The Morgan fingerprint density at radius 3 is 2.33 bits per heavy atom. The first-order valence-corrected chi connectivity index (χ1v) is 5.90. The summed E-state index contributed by atoms with van der Waals surface area (Å²) in [6, 6.07) is 7.54. The lowest BCUT2D eigenvalue weighted by Gasteiger charge is -2.23. The highest BCUT2D eigenvalue weighted by Gasteiger charge is 2.24. The molecule has 98 valence electrons. The highest BCUT2D eigenvalue weighted by atomic mass is 16.5. The monoisotopic (exact) mass is 248 g/mol. The van der Waals surface area contributed by atoms with Gasteiger partial charge < -0.3 is 9.84 Å². The predicted octanol–water partition coefficient (Wildman–Crippen LogP) is 2.83. The van der Waals surface area contributed by atoms with Gasteiger partial charge in [0, 0.05) is 6.42 Å². The van der Waals surface area contributed by atoms with Crippen molar-refractivity contribution in [1.29, 1.82) is 0 Å². The van der Waals surface area contributed by atoms with Crippen molar-refractivity contribution in [2.45, 2.75) is 32.8 Å². The second kappa shape index (κ2) is 5.83. The first kappa shape index (κ1) is 14.5. The number of carbonyl (C=O) groups excluding carboxylic acids is 1. The van der Waals surface area contributed by atoms with Gasteiger partial charge in [0.25, 0.3) is 0 Å². The van der Waals surface area contributed by atoms with E-state index in [1.165, 1.54) is 6.92 Å². The van der Waals surface area contributed by atoms with Gasteiger partial charge in [0.2, 0.25) is 0 Å². The quantitative estimate of drug-likeness (QED) is 0.871. The van der Waals surface area contributed by atoms with E-state index in [1.54, 1.807) is 14.0 Å². The van der Waals surface area contributed by atoms with Crippen LogP contribution in [0.2, 0.25) is 0 Å². The number of ether oxygens (including phenoxy) is 1. The molecule has 1 aromatic carbocycles. The normalized spacial score (nSPS) is 15.1. The first-order valence-electron chi connectivity index (χ1n) is 5.90. The zero-order valence-electron chi connectivity index (χ0n) is 11.4. The van der Waals surface area contributed by atoms with Gasteiger partial charge in [-0.1, -0.05) is 18.2 Å². The van der Waals surface area contributed by atoms with Gasteiger partial charge in [0.05, 0.1) is 12.7 Å². The molecule has 0 bridgehead atoms. The summed E-state index contributed by atoms with van der Waals surface area (Å²) in [7, 11) is 1.62. The van der Waals surface area contributed by atoms with Gasteiger partial charge in [-0.3, -0.25) is 4.79 Å². The number of methoxy groups -OCH3 is 1. The summed E-state index contributed by atoms with van der Waals surface area (Å²) in [5.41, 5.74) is 0.645. The smallest absolute Gasteiger partial charge is 0.133 e. The molecule has 0 aromatic heterocycles. The van der Waals surface area contributed by atoms with Crippen molar-refractivity contribution in [3.05, 3.63) is 35.4 Å². The molecular formula is C15H20O3. The average Bonchev–Trinajstić information content (AvgIpc) is 2.28. The SMILES string of the molecule is COc1ccc(/C=C(\C)[C@](C)(O)CC(C)=O)cc1. The molecule has 0 saturated heterocycles. The minimum absolute atomic E-state index is 0.0255. The van der Waals surface area contributed by atoms with Gasteiger partial charge in [0.15, 0.2) is 0 Å². The number of rotatable bonds is 5. The van der Waals surface area contributed by atoms with Crippen LogP contribution in [-0.4, -0.2) is 23.6 Å². The molecule has 0 heterocycles. The Morgan fingerprint density at radius 1 is 1.33 bits per heavy atom. The van der Waals surface area contributed by atoms with Crippen molar-refractivity contribution in [2.24, 2.45) is 0 Å². The number of hydrogen-bond acceptors (Lipinski definition) is 3. The third kappa shape index (κ3) is 4.00. The molecule has 0 aliphatic rings. The maximum atomic E-state index is 11.1. The molecule has 0 unspecified atom stereocenters. The highest BCUT2D eigenvalue weighted by molar-refractivity contribution is 5.77. The molecule has 0 amide bonds. The molecule has 1 aromatic rings. The third-order valence-corrected chi connectivity index (χ3v) is 2.94. The van der Waals surface area contributed by atoms with Crippen LogP contribution in [0.3, 0.4) is 0 Å². The molecule has 1 rings (SSSR count). The number of hydrogen-bond donors (Lipinski definition) is 1. The lowest BCUT2D eigenvalue weighted by Crippen LogP contribution is -2.28. The molecule has 0 aliphatic heterocycles. The van der Waals surface area contributed by atoms with E-state index in [2.05, 4.69) is 0 Å². The molecule has 3 nitrogen and oxygen atoms in total. The van der Waals surface area contributed by atoms with E-state index in [0.29, 0.717) is 0 Å². The van der Waals surface area contributed by atoms with Crippen LogP contribution in [-0.2, 0) is 4.79 Å². The minimum Gasteiger partial charge on any atom is -0.497 e. The Balaban J connectivity index is 2.90. The van der Waals surface area contributed by atoms with E-state index in [-0.39, 0.29) is 12.2 Å². The second-order valence-corrected chi connectivity index (χ2v) is 4.75. The van der Waals surface area contributed by atoms with Gasteiger partial charge in [-0.25, -0.2) is 0 Å². The number of ketones is 1. The fourth-order valence-electron chi connectivity index (χ4n) is 1.73. The Labute approximate surface area is 108 Å². The molecule has 18 heavy (non-hydrogen) atoms. The lowest BCUT2D eigenvalue weighted by molar-refractivity contribution is -0.120. The highest BCUT2D eigenvalue weighted by Crippen LogP contribution is 2.23. The second-order valence-electron chi connectivity index (χ2n) is 4.75. The summed E-state index contributed by atoms with van der Waals surface area (Å²) < 4.78 is 5.08. The first-order chi connectivity index (χ1) is 8.35. The Hall–Kier alpha value is -1.61. The standard InChI is InChI=1S/C15H20O3/c1-11(15(3,17)10-12(2)16)9-13-5-7-14(18-4)8-6-13/h5-9,17H,10H2,1-4H3/b11-9+/t15-/m1/s1. The van der Waals surface area contributed by atoms with E-state index in [4.69, 9.17) is 4.74 Å². The van der Waals surface area contributed by atoms with Crippen LogP contribution < -0.4 is 4.74 Å². The molecule has 0 aliphatic carbocycles. The number of aliphatic hydroxyl groups is 1. The van der Waals surface area contributed by atoms with Crippen LogP contribution >= 0.6 is 0 Å². The summed E-state index contributed by atoms with van der Waals surface area (Å²) in [6.07, 6.45) is 2.01. The van der Waals surface area contributed by atoms with Gasteiger partial charge in [-0.2, -0.15) is 0 Å². The van der Waals surface area contributed by atoms with E-state index in [0.717, 1.165) is 16.9 Å². The Kier molecular flexibility index (Phi) is 4.68. The largest absolute Gasteiger partial charge is 0.497 e. The van der Waals surface area contributed by atoms with Gasteiger partial charge in [-0.15, -0.1) is 0 Å². The van der Waals surface area contributed by atoms with Crippen molar-refractivity contribution in [3.63, 3.8) is 0 Å². The summed E-state index contributed by atoms with van der Waals surface area (Å²) >= 11 is 0. The minimum atomic E-state index is -1.09. The van der Waals surface area contributed by atoms with Crippen molar-refractivity contribution < 1.29 is 14.6 Å². The maximum Gasteiger partial charge on any atom is 0.133 e. The topological polar surface area (TPSA) is 46.5 Å². The van der Waals surface area contributed by atoms with Crippen LogP contribution in [0.25, 0.3) is 6.08 Å². The average molecular weight is 248 g/mol. The van der Waals surface area contributed by atoms with Gasteiger partial charge in [-0.05, 0) is 44.0 Å². The molecule has 0 spiro atoms. The third-order valence-electron chi connectivity index (χ3n) is 2.94. The number of benzene rings is 1. The van der Waals surface area contributed by atoms with Gasteiger partial charge in [0.1, 0.15) is 11.5 Å². The summed E-state index contributed by atoms with van der Waals surface area (Å²) in [5, 5.41) is 10.2. The van der Waals surface area contributed by atoms with E-state index >= 15 is 0 Å². The van der Waals surface area contributed by atoms with Crippen molar-refractivity contribution in [3.8, 4) is 5.75 Å². The molecule has 1 atom stereocenters. The lowest BCUT2D eigenvalue weighted by atomic mass is 9.90. The zero-order chi connectivity index (χ0) is 13.8. The predicted molar refractivity (Wildman–Crippen MR) is 72.6 cm³/mol. The zero-order valence-corrected chi connectivity index (χ0v) is 11.4. The maximum absolute atomic E-state index is 11.1. The molecule has 1 N–H and O–H groups in total. The van der Waals surface area contributed by atoms with Crippen molar-refractivity contribution in [2.75, 3.05) is 7.11 Å². The van der Waals surface area contributed by atoms with Crippen molar-refractivity contribution >= 4 is 11.9 Å². The Morgan fingerprint density at radius 2 is 1.89 bits per heavy atom. The summed E-state index contributed by atoms with van der Waals surface area (Å²) in [6.45, 7) is 4.96. The van der Waals surface area contributed by atoms with Crippen LogP contribution in [0.5, 0.6) is 5.75 Å². The van der Waals surface area contributed by atoms with Gasteiger partial charge >= 0.3 is 0 Å². The molecule has 0 saturated carbocycles. The number of carbonyl (C=O) groups is 1. The van der Waals surface area contributed by atoms with Crippen LogP contribution in [0.1, 0.15) is 32.8 Å². The summed E-state index contributed by atoms with van der Waals surface area (Å²) in [4.78, 5) is 11.1. The van der Waals surface area contributed by atoms with Crippen LogP contribution in [0, 0.1) is 0 Å². The molecule has 3 heteroatoms. The van der Waals surface area contributed by atoms with E-state index < -0.39 is 5.60 Å². The van der Waals surface area contributed by atoms with Crippen molar-refractivity contribution in [1.82, 2.24) is 0 Å². The van der Waals surface area contributed by atoms with Crippen LogP contribution in [0.15, 0.2) is 29.8 Å². The molecule has 0 fully saturated rings. The van der Waals surface area contributed by atoms with Crippen LogP contribution in [0.4, 0.5) is 0 Å². The van der Waals surface area contributed by atoms with E-state index in [9.17, 15) is 9.90 Å². The summed E-state index contributed by atoms with van der Waals surface area (Å²) in [5.74, 6) is 0.766. The number of Topliss-reactive ketones (excluding diaryl/α,β-unsaturated/α-hetero) is 1. The Bertz CT molecular complexity index is 441. The molecular weight excluding hydrogens is 228 g/mol. The van der Waals surface area contributed by atoms with E-state index in [1.807, 2.05) is 37.3 Å². The fourth-order valence-corrected chi connectivity index (χ4v) is 1.73. The molecule has 0 radical (unpaired) electrons.